The predicted octanol–water partition coefficient (Wildman–Crippen LogP) is 5.27. The highest BCUT2D eigenvalue weighted by Gasteiger charge is 2.16. The molecule has 9 heteroatoms. The highest BCUT2D eigenvalue weighted by Crippen LogP contribution is 2.12. The second-order valence-electron chi connectivity index (χ2n) is 7.60. The van der Waals surface area contributed by atoms with Crippen molar-refractivity contribution in [1.29, 1.82) is 0 Å². The molecule has 0 aliphatic carbocycles. The lowest BCUT2D eigenvalue weighted by atomic mass is 10.1. The van der Waals surface area contributed by atoms with Crippen molar-refractivity contribution in [1.82, 2.24) is 10.3 Å². The van der Waals surface area contributed by atoms with Gasteiger partial charge in [-0.05, 0) is 51.7 Å². The van der Waals surface area contributed by atoms with Crippen LogP contribution >= 0.6 is 34.5 Å². The summed E-state index contributed by atoms with van der Waals surface area (Å²) in [6.45, 7) is 7.38. The fourth-order valence-corrected chi connectivity index (χ4v) is 3.15. The summed E-state index contributed by atoms with van der Waals surface area (Å²) >= 11 is 11.2. The summed E-state index contributed by atoms with van der Waals surface area (Å²) in [5.41, 5.74) is 2.91. The molecule has 0 saturated heterocycles. The molecule has 2 aromatic rings. The van der Waals surface area contributed by atoms with Gasteiger partial charge in [-0.1, -0.05) is 24.3 Å². The quantitative estimate of drug-likeness (QED) is 0.404. The number of esters is 1. The summed E-state index contributed by atoms with van der Waals surface area (Å²) < 4.78 is 10.2. The van der Waals surface area contributed by atoms with E-state index in [0.29, 0.717) is 6.42 Å². The Hall–Kier alpha value is -1.83. The van der Waals surface area contributed by atoms with Crippen molar-refractivity contribution in [2.45, 2.75) is 52.6 Å². The molecule has 31 heavy (non-hydrogen) atoms. The maximum atomic E-state index is 11.6. The maximum Gasteiger partial charge on any atom is 0.407 e. The van der Waals surface area contributed by atoms with Crippen LogP contribution in [-0.4, -0.2) is 41.1 Å². The summed E-state index contributed by atoms with van der Waals surface area (Å²) in [6, 6.07) is 8.28. The monoisotopic (exact) mass is 488 g/mol. The van der Waals surface area contributed by atoms with Crippen molar-refractivity contribution in [3.8, 4) is 0 Å². The molecule has 1 aromatic carbocycles. The number of rotatable bonds is 8. The normalized spacial score (nSPS) is 10.6. The smallest absolute Gasteiger partial charge is 0.407 e. The van der Waals surface area contributed by atoms with Gasteiger partial charge in [0.05, 0.1) is 22.6 Å². The van der Waals surface area contributed by atoms with E-state index >= 15 is 0 Å². The molecule has 1 aromatic heterocycles. The van der Waals surface area contributed by atoms with Crippen LogP contribution in [0.2, 0.25) is 0 Å². The van der Waals surface area contributed by atoms with Gasteiger partial charge >= 0.3 is 12.1 Å². The summed E-state index contributed by atoms with van der Waals surface area (Å²) in [4.78, 5) is 27.7. The molecule has 0 saturated carbocycles. The van der Waals surface area contributed by atoms with Crippen molar-refractivity contribution in [2.75, 3.05) is 18.5 Å². The number of alkyl carbamates (subject to hydrolysis) is 1. The molecular weight excluding hydrogens is 459 g/mol. The first-order valence-corrected chi connectivity index (χ1v) is 11.8. The van der Waals surface area contributed by atoms with Gasteiger partial charge in [0.1, 0.15) is 12.1 Å². The third kappa shape index (κ3) is 13.2. The number of alkyl halides is 2. The average molecular weight is 489 g/mol. The molecule has 6 nitrogen and oxygen atoms in total. The number of benzene rings is 1. The zero-order valence-corrected chi connectivity index (χ0v) is 20.7. The van der Waals surface area contributed by atoms with Gasteiger partial charge in [-0.3, -0.25) is 4.79 Å². The van der Waals surface area contributed by atoms with E-state index < -0.39 is 17.7 Å². The van der Waals surface area contributed by atoms with Crippen LogP contribution in [0.15, 0.2) is 29.6 Å². The first-order valence-electron chi connectivity index (χ1n) is 9.86. The van der Waals surface area contributed by atoms with E-state index in [-0.39, 0.29) is 18.5 Å². The van der Waals surface area contributed by atoms with Crippen LogP contribution in [0.1, 0.15) is 42.6 Å². The number of hydrogen-bond donors (Lipinski definition) is 1. The number of amides is 1. The number of aryl methyl sites for hydroxylation is 3. The second-order valence-corrected chi connectivity index (χ2v) is 9.47. The van der Waals surface area contributed by atoms with E-state index in [1.807, 2.05) is 19.1 Å². The standard InChI is InChI=1S/C21H28N2O4S.CH2Cl2/c1-15-23-18(14-28-15)10-9-16-5-7-17(8-6-16)11-12-26-20(25)22-13-19(24)27-21(2,3)4;2-1-3/h5-8,14H,9-13H2,1-4H3,(H,22,25);1H2. The van der Waals surface area contributed by atoms with Crippen molar-refractivity contribution < 1.29 is 19.1 Å². The Bertz CT molecular complexity index is 805. The third-order valence-electron chi connectivity index (χ3n) is 3.78. The van der Waals surface area contributed by atoms with E-state index in [1.54, 1.807) is 32.1 Å². The molecular formula is C22H30Cl2N2O4S. The van der Waals surface area contributed by atoms with E-state index in [0.717, 1.165) is 29.1 Å². The Morgan fingerprint density at radius 1 is 1.06 bits per heavy atom. The summed E-state index contributed by atoms with van der Waals surface area (Å²) in [7, 11) is 0. The predicted molar refractivity (Wildman–Crippen MR) is 126 cm³/mol. The molecule has 0 radical (unpaired) electrons. The van der Waals surface area contributed by atoms with Gasteiger partial charge in [0, 0.05) is 11.8 Å². The van der Waals surface area contributed by atoms with Crippen LogP contribution in [0.25, 0.3) is 0 Å². The summed E-state index contributed by atoms with van der Waals surface area (Å²) in [5, 5.41) is 5.79. The van der Waals surface area contributed by atoms with E-state index in [1.165, 1.54) is 5.56 Å². The van der Waals surface area contributed by atoms with E-state index in [2.05, 4.69) is 27.8 Å². The third-order valence-corrected chi connectivity index (χ3v) is 4.60. The number of halogens is 2. The van der Waals surface area contributed by atoms with Crippen LogP contribution in [0.4, 0.5) is 4.79 Å². The molecule has 1 heterocycles. The minimum Gasteiger partial charge on any atom is -0.459 e. The molecule has 0 bridgehead atoms. The number of nitrogens with one attached hydrogen (secondary N) is 1. The summed E-state index contributed by atoms with van der Waals surface area (Å²) in [6.07, 6.45) is 1.88. The first-order chi connectivity index (χ1) is 14.6. The first kappa shape index (κ1) is 27.2. The second kappa shape index (κ2) is 14.3. The highest BCUT2D eigenvalue weighted by atomic mass is 35.5. The van der Waals surface area contributed by atoms with Gasteiger partial charge in [0.25, 0.3) is 0 Å². The van der Waals surface area contributed by atoms with E-state index in [4.69, 9.17) is 32.7 Å². The zero-order valence-electron chi connectivity index (χ0n) is 18.4. The number of aromatic nitrogens is 1. The summed E-state index contributed by atoms with van der Waals surface area (Å²) in [5.74, 6) is -0.493. The molecule has 0 aliphatic rings. The lowest BCUT2D eigenvalue weighted by Crippen LogP contribution is -2.35. The van der Waals surface area contributed by atoms with Crippen molar-refractivity contribution in [2.24, 2.45) is 0 Å². The van der Waals surface area contributed by atoms with Crippen LogP contribution in [0, 0.1) is 6.92 Å². The number of ether oxygens (including phenoxy) is 2. The molecule has 2 rings (SSSR count). The minimum absolute atomic E-state index is 0.194. The van der Waals surface area contributed by atoms with Gasteiger partial charge < -0.3 is 14.8 Å². The SMILES string of the molecule is Cc1nc(CCc2ccc(CCOC(=O)NCC(=O)OC(C)(C)C)cc2)cs1.ClCCl. The van der Waals surface area contributed by atoms with E-state index in [9.17, 15) is 9.59 Å². The fourth-order valence-electron chi connectivity index (χ4n) is 2.50. The largest absolute Gasteiger partial charge is 0.459 e. The lowest BCUT2D eigenvalue weighted by molar-refractivity contribution is -0.153. The Morgan fingerprint density at radius 3 is 2.16 bits per heavy atom. The number of hydrogen-bond acceptors (Lipinski definition) is 6. The van der Waals surface area contributed by atoms with Crippen molar-refractivity contribution in [3.63, 3.8) is 0 Å². The van der Waals surface area contributed by atoms with Gasteiger partial charge in [-0.15, -0.1) is 34.5 Å². The molecule has 0 aliphatic heterocycles. The van der Waals surface area contributed by atoms with Gasteiger partial charge in [0.2, 0.25) is 0 Å². The molecule has 0 fully saturated rings. The fraction of sp³-hybridized carbons (Fsp3) is 0.500. The van der Waals surface area contributed by atoms with Crippen molar-refractivity contribution >= 4 is 46.6 Å². The topological polar surface area (TPSA) is 77.5 Å². The Balaban J connectivity index is 0.00000151. The molecule has 0 unspecified atom stereocenters. The van der Waals surface area contributed by atoms with Crippen molar-refractivity contribution in [3.05, 3.63) is 51.5 Å². The van der Waals surface area contributed by atoms with Crippen LogP contribution in [0.5, 0.6) is 0 Å². The minimum atomic E-state index is -0.624. The number of nitrogens with zero attached hydrogens (tertiary/aromatic N) is 1. The molecule has 172 valence electrons. The zero-order chi connectivity index (χ0) is 23.3. The maximum absolute atomic E-state index is 11.6. The Labute approximate surface area is 198 Å². The number of carbonyl (C=O) groups excluding carboxylic acids is 2. The van der Waals surface area contributed by atoms with Gasteiger partial charge in [-0.2, -0.15) is 0 Å². The van der Waals surface area contributed by atoms with Crippen LogP contribution in [-0.2, 0) is 33.5 Å². The number of carbonyl (C=O) groups is 2. The Kier molecular flexibility index (Phi) is 12.5. The lowest BCUT2D eigenvalue weighted by Gasteiger charge is -2.19. The number of thiazole rings is 1. The molecule has 0 spiro atoms. The van der Waals surface area contributed by atoms with Gasteiger partial charge in [-0.25, -0.2) is 9.78 Å². The molecule has 0 atom stereocenters. The Morgan fingerprint density at radius 2 is 1.65 bits per heavy atom. The van der Waals surface area contributed by atoms with Crippen LogP contribution < -0.4 is 5.32 Å². The molecule has 1 N–H and O–H groups in total. The molecule has 1 amide bonds. The van der Waals surface area contributed by atoms with Crippen LogP contribution in [0.3, 0.4) is 0 Å². The average Bonchev–Trinajstić information content (AvgIpc) is 3.10. The van der Waals surface area contributed by atoms with Gasteiger partial charge in [0.15, 0.2) is 0 Å². The highest BCUT2D eigenvalue weighted by molar-refractivity contribution is 7.09.